The number of benzene rings is 1. The van der Waals surface area contributed by atoms with Crippen LogP contribution < -0.4 is 5.32 Å². The number of likely N-dealkylation sites (N-methyl/N-ethyl adjacent to an activating group) is 1. The summed E-state index contributed by atoms with van der Waals surface area (Å²) in [5, 5.41) is 3.57. The second-order valence-electron chi connectivity index (χ2n) is 5.32. The van der Waals surface area contributed by atoms with Crippen LogP contribution in [0.4, 0.5) is 0 Å². The van der Waals surface area contributed by atoms with Crippen LogP contribution >= 0.6 is 0 Å². The third kappa shape index (κ3) is 3.28. The Balaban J connectivity index is 2.27. The molecule has 0 radical (unpaired) electrons. The molecule has 2 rings (SSSR count). The molecule has 1 unspecified atom stereocenters. The van der Waals surface area contributed by atoms with Gasteiger partial charge in [0.15, 0.2) is 0 Å². The van der Waals surface area contributed by atoms with Crippen molar-refractivity contribution in [3.63, 3.8) is 0 Å². The van der Waals surface area contributed by atoms with Crippen molar-refractivity contribution in [2.75, 3.05) is 6.54 Å². The first-order valence-electron chi connectivity index (χ1n) is 7.46. The molecular formula is C17H25N3. The van der Waals surface area contributed by atoms with Crippen LogP contribution in [-0.2, 0) is 13.0 Å². The standard InChI is InChI=1S/C17H25N3/c1-5-18-16(17-19-9-10-20(17)6-2)12-15-11-13(3)7-8-14(15)4/h7-11,16,18H,5-6,12H2,1-4H3. The Kier molecular flexibility index (Phi) is 4.96. The Morgan fingerprint density at radius 2 is 2.05 bits per heavy atom. The summed E-state index contributed by atoms with van der Waals surface area (Å²) in [5.74, 6) is 1.13. The van der Waals surface area contributed by atoms with Gasteiger partial charge in [-0.25, -0.2) is 4.98 Å². The van der Waals surface area contributed by atoms with E-state index in [1.54, 1.807) is 0 Å². The largest absolute Gasteiger partial charge is 0.334 e. The molecule has 0 aliphatic heterocycles. The van der Waals surface area contributed by atoms with Gasteiger partial charge < -0.3 is 9.88 Å². The SMILES string of the molecule is CCNC(Cc1cc(C)ccc1C)c1nccn1CC. The predicted octanol–water partition coefficient (Wildman–Crippen LogP) is 3.41. The van der Waals surface area contributed by atoms with E-state index in [9.17, 15) is 0 Å². The molecule has 0 bridgehead atoms. The van der Waals surface area contributed by atoms with E-state index in [1.807, 2.05) is 6.20 Å². The molecule has 0 aliphatic carbocycles. The molecule has 0 aliphatic rings. The summed E-state index contributed by atoms with van der Waals surface area (Å²) in [5.41, 5.74) is 4.08. The van der Waals surface area contributed by atoms with Gasteiger partial charge in [0.1, 0.15) is 5.82 Å². The average molecular weight is 271 g/mol. The highest BCUT2D eigenvalue weighted by Gasteiger charge is 2.17. The number of rotatable bonds is 6. The van der Waals surface area contributed by atoms with E-state index >= 15 is 0 Å². The fourth-order valence-electron chi connectivity index (χ4n) is 2.64. The van der Waals surface area contributed by atoms with Gasteiger partial charge in [0.05, 0.1) is 6.04 Å². The lowest BCUT2D eigenvalue weighted by molar-refractivity contribution is 0.495. The monoisotopic (exact) mass is 271 g/mol. The third-order valence-electron chi connectivity index (χ3n) is 3.78. The molecule has 108 valence electrons. The minimum atomic E-state index is 0.274. The number of aryl methyl sites for hydroxylation is 3. The first-order chi connectivity index (χ1) is 9.65. The molecule has 3 heteroatoms. The average Bonchev–Trinajstić information content (AvgIpc) is 2.90. The molecule has 0 saturated carbocycles. The topological polar surface area (TPSA) is 29.9 Å². The zero-order valence-electron chi connectivity index (χ0n) is 13.0. The van der Waals surface area contributed by atoms with Crippen LogP contribution in [-0.4, -0.2) is 16.1 Å². The number of aromatic nitrogens is 2. The van der Waals surface area contributed by atoms with Gasteiger partial charge >= 0.3 is 0 Å². The quantitative estimate of drug-likeness (QED) is 0.872. The number of imidazole rings is 1. The highest BCUT2D eigenvalue weighted by molar-refractivity contribution is 5.31. The van der Waals surface area contributed by atoms with Crippen LogP contribution in [0.5, 0.6) is 0 Å². The van der Waals surface area contributed by atoms with Gasteiger partial charge in [0.2, 0.25) is 0 Å². The summed E-state index contributed by atoms with van der Waals surface area (Å²) >= 11 is 0. The van der Waals surface area contributed by atoms with Crippen molar-refractivity contribution in [3.8, 4) is 0 Å². The zero-order chi connectivity index (χ0) is 14.5. The van der Waals surface area contributed by atoms with Gasteiger partial charge in [-0.05, 0) is 44.9 Å². The van der Waals surface area contributed by atoms with Crippen LogP contribution in [0.1, 0.15) is 42.4 Å². The summed E-state index contributed by atoms with van der Waals surface area (Å²) in [7, 11) is 0. The first-order valence-corrected chi connectivity index (χ1v) is 7.46. The minimum absolute atomic E-state index is 0.274. The van der Waals surface area contributed by atoms with Crippen molar-refractivity contribution in [3.05, 3.63) is 53.1 Å². The van der Waals surface area contributed by atoms with Gasteiger partial charge in [0, 0.05) is 18.9 Å². The van der Waals surface area contributed by atoms with Crippen LogP contribution in [0, 0.1) is 13.8 Å². The second kappa shape index (κ2) is 6.71. The lowest BCUT2D eigenvalue weighted by Crippen LogP contribution is -2.26. The summed E-state index contributed by atoms with van der Waals surface area (Å²) in [6.45, 7) is 10.6. The molecule has 0 fully saturated rings. The van der Waals surface area contributed by atoms with Crippen molar-refractivity contribution in [2.45, 2.75) is 46.7 Å². The van der Waals surface area contributed by atoms with E-state index in [0.29, 0.717) is 0 Å². The van der Waals surface area contributed by atoms with E-state index in [2.05, 4.69) is 67.0 Å². The molecule has 1 aromatic heterocycles. The molecule has 1 atom stereocenters. The van der Waals surface area contributed by atoms with Crippen LogP contribution in [0.15, 0.2) is 30.6 Å². The highest BCUT2D eigenvalue weighted by atomic mass is 15.1. The fourth-order valence-corrected chi connectivity index (χ4v) is 2.64. The molecule has 0 amide bonds. The van der Waals surface area contributed by atoms with Gasteiger partial charge in [-0.2, -0.15) is 0 Å². The van der Waals surface area contributed by atoms with Crippen LogP contribution in [0.3, 0.4) is 0 Å². The van der Waals surface area contributed by atoms with Crippen molar-refractivity contribution in [1.82, 2.24) is 14.9 Å². The zero-order valence-corrected chi connectivity index (χ0v) is 13.0. The molecule has 0 spiro atoms. The smallest absolute Gasteiger partial charge is 0.126 e. The molecule has 1 N–H and O–H groups in total. The summed E-state index contributed by atoms with van der Waals surface area (Å²) < 4.78 is 2.22. The predicted molar refractivity (Wildman–Crippen MR) is 83.9 cm³/mol. The van der Waals surface area contributed by atoms with Gasteiger partial charge in [0.25, 0.3) is 0 Å². The van der Waals surface area contributed by atoms with E-state index in [4.69, 9.17) is 0 Å². The number of nitrogens with zero attached hydrogens (tertiary/aromatic N) is 2. The summed E-state index contributed by atoms with van der Waals surface area (Å²) in [4.78, 5) is 4.55. The van der Waals surface area contributed by atoms with Crippen LogP contribution in [0.25, 0.3) is 0 Å². The Hall–Kier alpha value is -1.61. The maximum atomic E-state index is 4.55. The number of hydrogen-bond donors (Lipinski definition) is 1. The molecule has 3 nitrogen and oxygen atoms in total. The maximum absolute atomic E-state index is 4.55. The second-order valence-corrected chi connectivity index (χ2v) is 5.32. The van der Waals surface area contributed by atoms with E-state index in [1.165, 1.54) is 16.7 Å². The number of hydrogen-bond acceptors (Lipinski definition) is 2. The molecule has 2 aromatic rings. The molecule has 1 aromatic carbocycles. The fraction of sp³-hybridized carbons (Fsp3) is 0.471. The van der Waals surface area contributed by atoms with Gasteiger partial charge in [-0.1, -0.05) is 30.7 Å². The van der Waals surface area contributed by atoms with Crippen molar-refractivity contribution >= 4 is 0 Å². The summed E-state index contributed by atoms with van der Waals surface area (Å²) in [6.07, 6.45) is 4.94. The Labute approximate surface area is 122 Å². The van der Waals surface area contributed by atoms with Crippen molar-refractivity contribution in [1.29, 1.82) is 0 Å². The van der Waals surface area contributed by atoms with E-state index in [0.717, 1.165) is 25.3 Å². The normalized spacial score (nSPS) is 12.6. The molecule has 1 heterocycles. The lowest BCUT2D eigenvalue weighted by atomic mass is 9.98. The molecule has 0 saturated heterocycles. The Morgan fingerprint density at radius 3 is 2.75 bits per heavy atom. The molecule has 20 heavy (non-hydrogen) atoms. The van der Waals surface area contributed by atoms with Gasteiger partial charge in [-0.15, -0.1) is 0 Å². The van der Waals surface area contributed by atoms with Gasteiger partial charge in [-0.3, -0.25) is 0 Å². The Morgan fingerprint density at radius 1 is 1.25 bits per heavy atom. The van der Waals surface area contributed by atoms with Crippen molar-refractivity contribution < 1.29 is 0 Å². The minimum Gasteiger partial charge on any atom is -0.334 e. The molecular weight excluding hydrogens is 246 g/mol. The van der Waals surface area contributed by atoms with E-state index < -0.39 is 0 Å². The first kappa shape index (κ1) is 14.8. The summed E-state index contributed by atoms with van der Waals surface area (Å²) in [6, 6.07) is 6.95. The van der Waals surface area contributed by atoms with Crippen LogP contribution in [0.2, 0.25) is 0 Å². The maximum Gasteiger partial charge on any atom is 0.126 e. The lowest BCUT2D eigenvalue weighted by Gasteiger charge is -2.20. The number of nitrogens with one attached hydrogen (secondary N) is 1. The Bertz CT molecular complexity index is 557. The van der Waals surface area contributed by atoms with E-state index in [-0.39, 0.29) is 6.04 Å². The highest BCUT2D eigenvalue weighted by Crippen LogP contribution is 2.20. The van der Waals surface area contributed by atoms with Crippen molar-refractivity contribution in [2.24, 2.45) is 0 Å². The third-order valence-corrected chi connectivity index (χ3v) is 3.78.